The molecule has 0 fully saturated rings. The van der Waals surface area contributed by atoms with E-state index in [1.54, 1.807) is 6.07 Å². The summed E-state index contributed by atoms with van der Waals surface area (Å²) >= 11 is -2.58. The number of benzene rings is 2. The third-order valence-corrected chi connectivity index (χ3v) is 6.08. The van der Waals surface area contributed by atoms with E-state index >= 15 is 0 Å². The minimum absolute atomic E-state index is 0.194. The van der Waals surface area contributed by atoms with Crippen LogP contribution in [0.25, 0.3) is 0 Å². The fraction of sp³-hybridized carbons (Fsp3) is 0.143. The van der Waals surface area contributed by atoms with E-state index < -0.39 is 70.9 Å². The van der Waals surface area contributed by atoms with Crippen LogP contribution in [0.3, 0.4) is 0 Å². The quantitative estimate of drug-likeness (QED) is 0.179. The average molecular weight is 528 g/mol. The van der Waals surface area contributed by atoms with Crippen molar-refractivity contribution < 1.29 is 68.3 Å². The highest BCUT2D eigenvalue weighted by molar-refractivity contribution is 7.49. The molecule has 27 heavy (non-hydrogen) atoms. The summed E-state index contributed by atoms with van der Waals surface area (Å²) in [5.41, 5.74) is -1.70. The first kappa shape index (κ1) is 21.8. The number of hydrogen-bond donors (Lipinski definition) is 0. The van der Waals surface area contributed by atoms with Gasteiger partial charge < -0.3 is 12.5 Å². The van der Waals surface area contributed by atoms with Gasteiger partial charge in [0.2, 0.25) is 11.6 Å². The van der Waals surface area contributed by atoms with Crippen molar-refractivity contribution >= 4 is 7.82 Å². The van der Waals surface area contributed by atoms with Crippen LogP contribution in [-0.2, 0) is 7.42 Å². The molecule has 0 aliphatic heterocycles. The van der Waals surface area contributed by atoms with E-state index in [9.17, 15) is 34.3 Å². The van der Waals surface area contributed by atoms with Crippen molar-refractivity contribution in [3.05, 3.63) is 58.7 Å². The Kier molecular flexibility index (Phi) is 7.00. The molecule has 0 saturated carbocycles. The third kappa shape index (κ3) is 4.68. The van der Waals surface area contributed by atoms with Gasteiger partial charge in [-0.1, -0.05) is 18.2 Å². The Morgan fingerprint density at radius 2 is 1.59 bits per heavy atom. The largest absolute Gasteiger partial charge is 0.631 e. The number of rotatable bonds is 7. The molecule has 0 aromatic heterocycles. The molecule has 1 unspecified atom stereocenters. The van der Waals surface area contributed by atoms with E-state index in [1.807, 2.05) is 0 Å². The topological polar surface area (TPSA) is 67.8 Å². The highest BCUT2D eigenvalue weighted by atomic mass is 127. The normalized spacial score (nSPS) is 13.5. The van der Waals surface area contributed by atoms with Crippen LogP contribution in [0.5, 0.6) is 11.5 Å². The van der Waals surface area contributed by atoms with Crippen molar-refractivity contribution in [3.63, 3.8) is 0 Å². The third-order valence-electron chi connectivity index (χ3n) is 3.10. The number of phosphoric ester groups is 1. The molecule has 0 bridgehead atoms. The van der Waals surface area contributed by atoms with Crippen LogP contribution < -0.4 is 34.5 Å². The van der Waals surface area contributed by atoms with Crippen molar-refractivity contribution in [1.29, 1.82) is 0 Å². The fourth-order valence-electron chi connectivity index (χ4n) is 1.89. The molecule has 0 saturated heterocycles. The zero-order chi connectivity index (χ0) is 20.4. The van der Waals surface area contributed by atoms with E-state index in [0.29, 0.717) is 5.56 Å². The van der Waals surface area contributed by atoms with Gasteiger partial charge in [0, 0.05) is 0 Å². The van der Waals surface area contributed by atoms with Gasteiger partial charge in [-0.05, 0) is 21.4 Å². The molecule has 148 valence electrons. The minimum atomic E-state index is -5.13. The van der Waals surface area contributed by atoms with E-state index in [1.165, 1.54) is 25.1 Å². The number of aryl methyl sites for hydroxylation is 1. The lowest BCUT2D eigenvalue weighted by Crippen LogP contribution is -3.69. The predicted molar refractivity (Wildman–Crippen MR) is 72.4 cm³/mol. The predicted octanol–water partition coefficient (Wildman–Crippen LogP) is 1.35. The van der Waals surface area contributed by atoms with Crippen LogP contribution in [0.4, 0.5) is 26.3 Å². The molecule has 0 aliphatic carbocycles. The summed E-state index contributed by atoms with van der Waals surface area (Å²) in [7, 11) is -5.13. The van der Waals surface area contributed by atoms with Gasteiger partial charge in [0.1, 0.15) is 11.3 Å². The van der Waals surface area contributed by atoms with Gasteiger partial charge in [-0.25, -0.2) is 26.5 Å². The molecule has 13 heteroatoms. The first-order valence-electron chi connectivity index (χ1n) is 6.76. The highest BCUT2D eigenvalue weighted by Gasteiger charge is 2.42. The summed E-state index contributed by atoms with van der Waals surface area (Å²) in [6.45, 7) is 1.47. The van der Waals surface area contributed by atoms with Gasteiger partial charge in [-0.15, -0.1) is 0 Å². The lowest BCUT2D eigenvalue weighted by Gasteiger charge is -2.18. The van der Waals surface area contributed by atoms with Crippen molar-refractivity contribution in [3.8, 4) is 11.5 Å². The molecule has 0 spiro atoms. The Labute approximate surface area is 159 Å². The molecule has 2 rings (SSSR count). The summed E-state index contributed by atoms with van der Waals surface area (Å²) in [6, 6.07) is 5.65. The number of alkyl halides is 2. The molecule has 0 aliphatic rings. The molecular weight excluding hydrogens is 520 g/mol. The Morgan fingerprint density at radius 1 is 1.00 bits per heavy atom. The highest BCUT2D eigenvalue weighted by Crippen LogP contribution is 2.51. The van der Waals surface area contributed by atoms with Crippen LogP contribution >= 0.6 is 7.82 Å². The summed E-state index contributed by atoms with van der Waals surface area (Å²) in [6.07, 6.45) is -3.88. The molecule has 1 atom stereocenters. The SMILES string of the molecule is Cc1ccccc1OP(=O)(O[I+][O-])Oc1c(F)c(F)c(F)c(F)c1C(F)F. The number of hydrogen-bond acceptors (Lipinski definition) is 5. The number of halogens is 7. The van der Waals surface area contributed by atoms with E-state index in [2.05, 4.69) is 7.38 Å². The Hall–Kier alpha value is -1.50. The Morgan fingerprint density at radius 3 is 2.15 bits per heavy atom. The number of phosphoric acid groups is 1. The summed E-state index contributed by atoms with van der Waals surface area (Å²) in [5.74, 6) is -11.9. The van der Waals surface area contributed by atoms with Crippen LogP contribution in [0.15, 0.2) is 24.3 Å². The summed E-state index contributed by atoms with van der Waals surface area (Å²) in [5, 5.41) is 0. The maximum absolute atomic E-state index is 13.9. The Bertz CT molecular complexity index is 897. The van der Waals surface area contributed by atoms with Crippen LogP contribution in [-0.4, -0.2) is 0 Å². The zero-order valence-electron chi connectivity index (χ0n) is 13.0. The molecule has 0 amide bonds. The van der Waals surface area contributed by atoms with Crippen molar-refractivity contribution in [2.75, 3.05) is 0 Å². The standard InChI is InChI=1S/C14H8F6IO5P/c1-6-4-2-3-5-7(6)24-27(23,26-21-22)25-13-8(14(19)20)9(15)10(16)11(17)12(13)18/h2-5,14H,1H3. The van der Waals surface area contributed by atoms with E-state index in [0.717, 1.165) is 0 Å². The van der Waals surface area contributed by atoms with Crippen LogP contribution in [0.2, 0.25) is 0 Å². The molecule has 5 nitrogen and oxygen atoms in total. The van der Waals surface area contributed by atoms with E-state index in [4.69, 9.17) is 4.52 Å². The summed E-state index contributed by atoms with van der Waals surface area (Å²) in [4.78, 5) is 0. The molecule has 0 radical (unpaired) electrons. The number of para-hydroxylation sites is 1. The van der Waals surface area contributed by atoms with Gasteiger partial charge in [0.15, 0.2) is 17.4 Å². The first-order chi connectivity index (χ1) is 12.6. The smallest absolute Gasteiger partial charge is 0.566 e. The average Bonchev–Trinajstić information content (AvgIpc) is 2.60. The van der Waals surface area contributed by atoms with Gasteiger partial charge in [-0.3, -0.25) is 0 Å². The molecular formula is C14H8F6IO5P. The molecule has 2 aromatic rings. The Balaban J connectivity index is 2.56. The maximum Gasteiger partial charge on any atom is 0.631 e. The van der Waals surface area contributed by atoms with Crippen molar-refractivity contribution in [2.24, 2.45) is 0 Å². The summed E-state index contributed by atoms with van der Waals surface area (Å²) < 4.78 is 117. The van der Waals surface area contributed by atoms with Gasteiger partial charge in [0.25, 0.3) is 6.43 Å². The fourth-order valence-corrected chi connectivity index (χ4v) is 3.97. The monoisotopic (exact) mass is 528 g/mol. The van der Waals surface area contributed by atoms with Gasteiger partial charge >= 0.3 is 29.9 Å². The van der Waals surface area contributed by atoms with Crippen LogP contribution in [0.1, 0.15) is 17.6 Å². The van der Waals surface area contributed by atoms with E-state index in [-0.39, 0.29) is 5.75 Å². The van der Waals surface area contributed by atoms with Crippen molar-refractivity contribution in [2.45, 2.75) is 13.3 Å². The maximum atomic E-state index is 13.9. The second kappa shape index (κ2) is 8.67. The first-order valence-corrected chi connectivity index (χ1v) is 9.98. The lowest BCUT2D eigenvalue weighted by molar-refractivity contribution is -1.25. The zero-order valence-corrected chi connectivity index (χ0v) is 16.1. The van der Waals surface area contributed by atoms with Gasteiger partial charge in [-0.2, -0.15) is 4.39 Å². The minimum Gasteiger partial charge on any atom is -0.566 e. The molecule has 0 heterocycles. The van der Waals surface area contributed by atoms with Crippen molar-refractivity contribution in [1.82, 2.24) is 0 Å². The molecule has 2 aromatic carbocycles. The molecule has 0 N–H and O–H groups in total. The second-order valence-corrected chi connectivity index (χ2v) is 7.77. The lowest BCUT2D eigenvalue weighted by atomic mass is 10.1. The second-order valence-electron chi connectivity index (χ2n) is 4.83. The van der Waals surface area contributed by atoms with Crippen LogP contribution in [0, 0.1) is 30.2 Å². The van der Waals surface area contributed by atoms with Gasteiger partial charge in [0.05, 0.1) is 0 Å².